The van der Waals surface area contributed by atoms with Crippen LogP contribution in [0.25, 0.3) is 0 Å². The molecule has 1 heterocycles. The second kappa shape index (κ2) is 7.12. The van der Waals surface area contributed by atoms with Crippen molar-refractivity contribution in [1.82, 2.24) is 4.98 Å². The normalized spacial score (nSPS) is 11.3. The summed E-state index contributed by atoms with van der Waals surface area (Å²) in [4.78, 5) is 14.9. The van der Waals surface area contributed by atoms with Crippen LogP contribution in [0, 0.1) is 5.41 Å². The molecule has 0 bridgehead atoms. The van der Waals surface area contributed by atoms with Gasteiger partial charge in [-0.05, 0) is 24.0 Å². The van der Waals surface area contributed by atoms with Crippen LogP contribution >= 0.6 is 0 Å². The zero-order valence-corrected chi connectivity index (χ0v) is 12.1. The number of hydrogen-bond donors (Lipinski definition) is 2. The van der Waals surface area contributed by atoms with Crippen molar-refractivity contribution in [3.8, 4) is 0 Å². The first-order valence-corrected chi connectivity index (χ1v) is 6.88. The van der Waals surface area contributed by atoms with Gasteiger partial charge in [0, 0.05) is 12.7 Å². The van der Waals surface area contributed by atoms with Crippen molar-refractivity contribution < 1.29 is 9.90 Å². The predicted octanol–water partition coefficient (Wildman–Crippen LogP) is 3.80. The number of nitrogens with one attached hydrogen (secondary N) is 1. The third-order valence-electron chi connectivity index (χ3n) is 3.22. The molecule has 1 aromatic heterocycles. The smallest absolute Gasteiger partial charge is 0.356 e. The first-order valence-electron chi connectivity index (χ1n) is 6.88. The molecule has 0 aliphatic rings. The molecule has 1 aromatic rings. The Hall–Kier alpha value is -1.58. The fourth-order valence-corrected chi connectivity index (χ4v) is 1.99. The average Bonchev–Trinajstić information content (AvgIpc) is 2.37. The van der Waals surface area contributed by atoms with Gasteiger partial charge in [-0.3, -0.25) is 0 Å². The first kappa shape index (κ1) is 15.5. The summed E-state index contributed by atoms with van der Waals surface area (Å²) in [6.07, 6.45) is 6.31. The number of hydrogen-bond acceptors (Lipinski definition) is 3. The molecule has 0 aromatic carbocycles. The number of carboxylic acid groups (broad SMARTS) is 1. The van der Waals surface area contributed by atoms with Gasteiger partial charge < -0.3 is 10.4 Å². The van der Waals surface area contributed by atoms with Gasteiger partial charge in [-0.15, -0.1) is 0 Å². The maximum atomic E-state index is 11.1. The largest absolute Gasteiger partial charge is 0.476 e. The fourth-order valence-electron chi connectivity index (χ4n) is 1.99. The Morgan fingerprint density at radius 2 is 2.16 bits per heavy atom. The van der Waals surface area contributed by atoms with E-state index in [0.29, 0.717) is 5.69 Å². The van der Waals surface area contributed by atoms with E-state index in [1.807, 2.05) is 0 Å². The van der Waals surface area contributed by atoms with E-state index in [1.165, 1.54) is 25.5 Å². The summed E-state index contributed by atoms with van der Waals surface area (Å²) in [6, 6.07) is 3.51. The number of nitrogens with zero attached hydrogens (tertiary/aromatic N) is 1. The van der Waals surface area contributed by atoms with Gasteiger partial charge in [-0.1, -0.05) is 40.0 Å². The van der Waals surface area contributed by atoms with Crippen LogP contribution in [0.1, 0.15) is 56.9 Å². The molecule has 0 radical (unpaired) electrons. The van der Waals surface area contributed by atoms with Gasteiger partial charge in [0.2, 0.25) is 0 Å². The van der Waals surface area contributed by atoms with Gasteiger partial charge in [-0.2, -0.15) is 0 Å². The Labute approximate surface area is 115 Å². The highest BCUT2D eigenvalue weighted by Crippen LogP contribution is 2.25. The van der Waals surface area contributed by atoms with E-state index in [9.17, 15) is 4.79 Å². The van der Waals surface area contributed by atoms with Gasteiger partial charge in [-0.25, -0.2) is 9.78 Å². The number of carboxylic acids is 1. The molecule has 1 rings (SSSR count). The lowest BCUT2D eigenvalue weighted by Crippen LogP contribution is -2.24. The maximum absolute atomic E-state index is 11.1. The summed E-state index contributed by atoms with van der Waals surface area (Å²) in [5, 5.41) is 12.3. The Morgan fingerprint density at radius 1 is 1.42 bits per heavy atom. The van der Waals surface area contributed by atoms with Crippen LogP contribution in [0.15, 0.2) is 18.3 Å². The van der Waals surface area contributed by atoms with Gasteiger partial charge in [0.05, 0.1) is 5.69 Å². The third-order valence-corrected chi connectivity index (χ3v) is 3.22. The van der Waals surface area contributed by atoms with Crippen molar-refractivity contribution in [1.29, 1.82) is 0 Å². The highest BCUT2D eigenvalue weighted by molar-refractivity contribution is 5.91. The van der Waals surface area contributed by atoms with Crippen molar-refractivity contribution in [3.05, 3.63) is 24.0 Å². The highest BCUT2D eigenvalue weighted by Gasteiger charge is 2.18. The van der Waals surface area contributed by atoms with E-state index in [4.69, 9.17) is 5.11 Å². The van der Waals surface area contributed by atoms with Gasteiger partial charge >= 0.3 is 5.97 Å². The number of carbonyl (C=O) groups is 1. The summed E-state index contributed by atoms with van der Waals surface area (Å²) in [5.41, 5.74) is 0.839. The second-order valence-corrected chi connectivity index (χ2v) is 5.68. The molecule has 0 saturated carbocycles. The van der Waals surface area contributed by atoms with Crippen molar-refractivity contribution >= 4 is 11.7 Å². The summed E-state index contributed by atoms with van der Waals surface area (Å²) in [5.74, 6) is -0.994. The summed E-state index contributed by atoms with van der Waals surface area (Å²) in [7, 11) is 0. The Balaban J connectivity index is 2.58. The molecule has 106 valence electrons. The van der Waals surface area contributed by atoms with Gasteiger partial charge in [0.15, 0.2) is 5.69 Å². The van der Waals surface area contributed by atoms with E-state index in [-0.39, 0.29) is 11.1 Å². The number of aromatic nitrogens is 1. The number of unbranched alkanes of at least 4 members (excludes halogenated alkanes) is 2. The molecule has 0 fully saturated rings. The summed E-state index contributed by atoms with van der Waals surface area (Å²) < 4.78 is 0. The van der Waals surface area contributed by atoms with Crippen LogP contribution in [0.3, 0.4) is 0 Å². The molecule has 4 nitrogen and oxygen atoms in total. The Kier molecular flexibility index (Phi) is 5.80. The molecule has 0 aliphatic carbocycles. The lowest BCUT2D eigenvalue weighted by Gasteiger charge is -2.25. The molecule has 0 amide bonds. The van der Waals surface area contributed by atoms with E-state index < -0.39 is 5.97 Å². The minimum absolute atomic E-state index is 0.0897. The molecule has 0 aliphatic heterocycles. The minimum atomic E-state index is -0.994. The van der Waals surface area contributed by atoms with Crippen LogP contribution in [0.2, 0.25) is 0 Å². The monoisotopic (exact) mass is 264 g/mol. The average molecular weight is 264 g/mol. The van der Waals surface area contributed by atoms with Gasteiger partial charge in [0.25, 0.3) is 0 Å². The van der Waals surface area contributed by atoms with Crippen LogP contribution < -0.4 is 5.32 Å². The van der Waals surface area contributed by atoms with Gasteiger partial charge in [0.1, 0.15) is 0 Å². The number of aromatic carboxylic acids is 1. The zero-order valence-electron chi connectivity index (χ0n) is 12.1. The third kappa shape index (κ3) is 5.28. The van der Waals surface area contributed by atoms with Crippen LogP contribution in [-0.4, -0.2) is 22.6 Å². The Bertz CT molecular complexity index is 416. The van der Waals surface area contributed by atoms with Crippen LogP contribution in [0.4, 0.5) is 5.69 Å². The maximum Gasteiger partial charge on any atom is 0.356 e. The number of rotatable bonds is 8. The fraction of sp³-hybridized carbons (Fsp3) is 0.600. The predicted molar refractivity (Wildman–Crippen MR) is 77.6 cm³/mol. The molecular weight excluding hydrogens is 240 g/mol. The first-order chi connectivity index (χ1) is 8.96. The van der Waals surface area contributed by atoms with Crippen molar-refractivity contribution in [3.63, 3.8) is 0 Å². The molecule has 0 saturated heterocycles. The zero-order chi connectivity index (χ0) is 14.3. The summed E-state index contributed by atoms with van der Waals surface area (Å²) in [6.45, 7) is 7.35. The molecular formula is C15H24N2O2. The van der Waals surface area contributed by atoms with E-state index in [2.05, 4.69) is 31.1 Å². The molecule has 0 spiro atoms. The lowest BCUT2D eigenvalue weighted by atomic mass is 9.87. The highest BCUT2D eigenvalue weighted by atomic mass is 16.4. The standard InChI is InChI=1S/C15H24N2O2/c1-4-5-6-9-15(2,3)11-17-12-8-7-10-16-13(12)14(18)19/h7-8,10,17H,4-6,9,11H2,1-3H3,(H,18,19). The SMILES string of the molecule is CCCCCC(C)(C)CNc1cccnc1C(=O)O. The van der Waals surface area contributed by atoms with Crippen LogP contribution in [-0.2, 0) is 0 Å². The lowest BCUT2D eigenvalue weighted by molar-refractivity contribution is 0.0691. The van der Waals surface area contributed by atoms with E-state index in [1.54, 1.807) is 12.1 Å². The van der Waals surface area contributed by atoms with Crippen LogP contribution in [0.5, 0.6) is 0 Å². The molecule has 4 heteroatoms. The van der Waals surface area contributed by atoms with Crippen molar-refractivity contribution in [2.45, 2.75) is 46.5 Å². The molecule has 19 heavy (non-hydrogen) atoms. The summed E-state index contributed by atoms with van der Waals surface area (Å²) >= 11 is 0. The molecule has 0 atom stereocenters. The van der Waals surface area contributed by atoms with E-state index >= 15 is 0 Å². The van der Waals surface area contributed by atoms with Crippen molar-refractivity contribution in [2.75, 3.05) is 11.9 Å². The quantitative estimate of drug-likeness (QED) is 0.701. The minimum Gasteiger partial charge on any atom is -0.476 e. The topological polar surface area (TPSA) is 62.2 Å². The number of anilines is 1. The van der Waals surface area contributed by atoms with E-state index in [0.717, 1.165) is 13.0 Å². The molecule has 0 unspecified atom stereocenters. The Morgan fingerprint density at radius 3 is 2.79 bits per heavy atom. The van der Waals surface area contributed by atoms with Crippen molar-refractivity contribution in [2.24, 2.45) is 5.41 Å². The second-order valence-electron chi connectivity index (χ2n) is 5.68. The number of pyridine rings is 1. The molecule has 2 N–H and O–H groups in total.